The maximum Gasteiger partial charge on any atom is 0.226 e. The molecule has 0 aliphatic carbocycles. The molecule has 1 aliphatic rings. The van der Waals surface area contributed by atoms with E-state index >= 15 is 0 Å². The molecule has 1 atom stereocenters. The molecule has 1 aromatic rings. The summed E-state index contributed by atoms with van der Waals surface area (Å²) in [5, 5.41) is 0.939. The van der Waals surface area contributed by atoms with E-state index in [0.717, 1.165) is 31.7 Å². The number of carbonyl (C=O) groups is 1. The van der Waals surface area contributed by atoms with Crippen LogP contribution < -0.4 is 5.73 Å². The quantitative estimate of drug-likeness (QED) is 0.893. The molecule has 0 unspecified atom stereocenters. The summed E-state index contributed by atoms with van der Waals surface area (Å²) < 4.78 is 0. The highest BCUT2D eigenvalue weighted by Gasteiger charge is 2.25. The first-order valence-corrected chi connectivity index (χ1v) is 8.34. The number of benzene rings is 1. The van der Waals surface area contributed by atoms with Crippen LogP contribution in [0.1, 0.15) is 25.3 Å². The second-order valence-corrected chi connectivity index (χ2v) is 6.87. The van der Waals surface area contributed by atoms with Gasteiger partial charge in [-0.2, -0.15) is 0 Å². The fourth-order valence-electron chi connectivity index (χ4n) is 2.81. The van der Waals surface area contributed by atoms with E-state index in [1.54, 1.807) is 12.1 Å². The van der Waals surface area contributed by atoms with Crippen LogP contribution in [0.3, 0.4) is 0 Å². The topological polar surface area (TPSA) is 49.6 Å². The molecule has 2 N–H and O–H groups in total. The van der Waals surface area contributed by atoms with Crippen LogP contribution in [-0.2, 0) is 4.79 Å². The number of hydrogen-bond acceptors (Lipinski definition) is 3. The van der Waals surface area contributed by atoms with Gasteiger partial charge in [-0.15, -0.1) is 0 Å². The normalized spacial score (nSPS) is 18.6. The average molecular weight is 344 g/mol. The number of carbonyl (C=O) groups excluding carboxylic acids is 1. The van der Waals surface area contributed by atoms with Crippen molar-refractivity contribution in [1.82, 2.24) is 9.80 Å². The first-order chi connectivity index (χ1) is 10.4. The molecule has 1 heterocycles. The lowest BCUT2D eigenvalue weighted by atomic mass is 9.97. The fourth-order valence-corrected chi connectivity index (χ4v) is 3.12. The molecule has 0 saturated carbocycles. The Balaban J connectivity index is 2.04. The SMILES string of the molecule is CC(C)N1CCN(C[C@@H](C(N)=O)c2ccc(Cl)c(Cl)c2)CC1. The van der Waals surface area contributed by atoms with Crippen molar-refractivity contribution in [2.24, 2.45) is 5.73 Å². The number of nitrogens with two attached hydrogens (primary N) is 1. The molecule has 1 saturated heterocycles. The van der Waals surface area contributed by atoms with Gasteiger partial charge >= 0.3 is 0 Å². The van der Waals surface area contributed by atoms with Gasteiger partial charge in [0.05, 0.1) is 16.0 Å². The van der Waals surface area contributed by atoms with Crippen molar-refractivity contribution < 1.29 is 4.79 Å². The number of rotatable bonds is 5. The maximum absolute atomic E-state index is 11.9. The Morgan fingerprint density at radius 3 is 2.32 bits per heavy atom. The van der Waals surface area contributed by atoms with E-state index in [2.05, 4.69) is 23.6 Å². The molecular weight excluding hydrogens is 321 g/mol. The van der Waals surface area contributed by atoms with Gasteiger partial charge in [0.1, 0.15) is 0 Å². The summed E-state index contributed by atoms with van der Waals surface area (Å²) >= 11 is 12.0. The van der Waals surface area contributed by atoms with Gasteiger partial charge in [-0.3, -0.25) is 14.6 Å². The standard InChI is InChI=1S/C16H23Cl2N3O/c1-11(2)21-7-5-20(6-8-21)10-13(16(19)22)12-3-4-14(17)15(18)9-12/h3-4,9,11,13H,5-8,10H2,1-2H3,(H2,19,22)/t13-/m1/s1. The Hall–Kier alpha value is -0.810. The monoisotopic (exact) mass is 343 g/mol. The summed E-state index contributed by atoms with van der Waals surface area (Å²) in [6.07, 6.45) is 0. The van der Waals surface area contributed by atoms with Crippen molar-refractivity contribution in [3.63, 3.8) is 0 Å². The number of amides is 1. The molecule has 0 bridgehead atoms. The second kappa shape index (κ2) is 7.64. The highest BCUT2D eigenvalue weighted by atomic mass is 35.5. The number of hydrogen-bond donors (Lipinski definition) is 1. The molecule has 0 aromatic heterocycles. The van der Waals surface area contributed by atoms with Crippen LogP contribution in [0.4, 0.5) is 0 Å². The first-order valence-electron chi connectivity index (χ1n) is 7.59. The van der Waals surface area contributed by atoms with E-state index in [4.69, 9.17) is 28.9 Å². The molecule has 1 amide bonds. The van der Waals surface area contributed by atoms with Crippen molar-refractivity contribution in [2.75, 3.05) is 32.7 Å². The van der Waals surface area contributed by atoms with E-state index in [0.29, 0.717) is 22.6 Å². The predicted octanol–water partition coefficient (Wildman–Crippen LogP) is 2.59. The summed E-state index contributed by atoms with van der Waals surface area (Å²) in [6.45, 7) is 8.97. The van der Waals surface area contributed by atoms with Crippen molar-refractivity contribution in [2.45, 2.75) is 25.8 Å². The van der Waals surface area contributed by atoms with Gasteiger partial charge in [0.25, 0.3) is 0 Å². The molecule has 6 heteroatoms. The molecule has 1 aliphatic heterocycles. The van der Waals surface area contributed by atoms with Gasteiger partial charge in [-0.1, -0.05) is 29.3 Å². The zero-order valence-electron chi connectivity index (χ0n) is 13.1. The molecule has 22 heavy (non-hydrogen) atoms. The summed E-state index contributed by atoms with van der Waals surface area (Å²) in [6, 6.07) is 5.84. The predicted molar refractivity (Wildman–Crippen MR) is 91.5 cm³/mol. The van der Waals surface area contributed by atoms with E-state index in [-0.39, 0.29) is 11.8 Å². The van der Waals surface area contributed by atoms with E-state index in [1.807, 2.05) is 6.07 Å². The van der Waals surface area contributed by atoms with Crippen LogP contribution in [0, 0.1) is 0 Å². The molecular formula is C16H23Cl2N3O. The Kier molecular flexibility index (Phi) is 6.09. The third-order valence-electron chi connectivity index (χ3n) is 4.27. The lowest BCUT2D eigenvalue weighted by Crippen LogP contribution is -2.50. The molecule has 1 aromatic carbocycles. The van der Waals surface area contributed by atoms with Crippen molar-refractivity contribution >= 4 is 29.1 Å². The highest BCUT2D eigenvalue weighted by molar-refractivity contribution is 6.42. The van der Waals surface area contributed by atoms with Gasteiger partial charge in [-0.05, 0) is 31.5 Å². The van der Waals surface area contributed by atoms with Crippen LogP contribution in [0.2, 0.25) is 10.0 Å². The van der Waals surface area contributed by atoms with Gasteiger partial charge < -0.3 is 5.73 Å². The Morgan fingerprint density at radius 1 is 1.18 bits per heavy atom. The van der Waals surface area contributed by atoms with E-state index in [9.17, 15) is 4.79 Å². The minimum Gasteiger partial charge on any atom is -0.369 e. The minimum atomic E-state index is -0.361. The molecule has 2 rings (SSSR count). The number of primary amides is 1. The summed E-state index contributed by atoms with van der Waals surface area (Å²) in [4.78, 5) is 16.6. The van der Waals surface area contributed by atoms with Gasteiger partial charge in [0, 0.05) is 38.8 Å². The summed E-state index contributed by atoms with van der Waals surface area (Å²) in [5.74, 6) is -0.690. The van der Waals surface area contributed by atoms with Gasteiger partial charge in [0.2, 0.25) is 5.91 Å². The second-order valence-electron chi connectivity index (χ2n) is 6.06. The lowest BCUT2D eigenvalue weighted by Gasteiger charge is -2.38. The van der Waals surface area contributed by atoms with Crippen LogP contribution >= 0.6 is 23.2 Å². The number of nitrogens with zero attached hydrogens (tertiary/aromatic N) is 2. The summed E-state index contributed by atoms with van der Waals surface area (Å²) in [7, 11) is 0. The average Bonchev–Trinajstić information content (AvgIpc) is 2.48. The molecule has 4 nitrogen and oxygen atoms in total. The van der Waals surface area contributed by atoms with Crippen LogP contribution in [0.25, 0.3) is 0 Å². The van der Waals surface area contributed by atoms with Gasteiger partial charge in [-0.25, -0.2) is 0 Å². The smallest absolute Gasteiger partial charge is 0.226 e. The zero-order valence-corrected chi connectivity index (χ0v) is 14.6. The highest BCUT2D eigenvalue weighted by Crippen LogP contribution is 2.27. The molecule has 1 fully saturated rings. The third kappa shape index (κ3) is 4.35. The molecule has 122 valence electrons. The molecule has 0 radical (unpaired) electrons. The van der Waals surface area contributed by atoms with Crippen molar-refractivity contribution in [3.05, 3.63) is 33.8 Å². The van der Waals surface area contributed by atoms with Crippen LogP contribution in [-0.4, -0.2) is 54.5 Å². The Morgan fingerprint density at radius 2 is 1.82 bits per heavy atom. The van der Waals surface area contributed by atoms with Crippen LogP contribution in [0.5, 0.6) is 0 Å². The van der Waals surface area contributed by atoms with Crippen molar-refractivity contribution in [3.8, 4) is 0 Å². The Bertz CT molecular complexity index is 528. The Labute approximate surface area is 142 Å². The van der Waals surface area contributed by atoms with E-state index in [1.165, 1.54) is 0 Å². The largest absolute Gasteiger partial charge is 0.369 e. The maximum atomic E-state index is 11.9. The third-order valence-corrected chi connectivity index (χ3v) is 5.01. The lowest BCUT2D eigenvalue weighted by molar-refractivity contribution is -0.120. The van der Waals surface area contributed by atoms with Crippen LogP contribution in [0.15, 0.2) is 18.2 Å². The number of piperazine rings is 1. The summed E-state index contributed by atoms with van der Waals surface area (Å²) in [5.41, 5.74) is 6.42. The van der Waals surface area contributed by atoms with Gasteiger partial charge in [0.15, 0.2) is 0 Å². The minimum absolute atomic E-state index is 0.329. The van der Waals surface area contributed by atoms with E-state index < -0.39 is 0 Å². The number of halogens is 2. The fraction of sp³-hybridized carbons (Fsp3) is 0.562. The molecule has 0 spiro atoms. The zero-order chi connectivity index (χ0) is 16.3. The van der Waals surface area contributed by atoms with Crippen molar-refractivity contribution in [1.29, 1.82) is 0 Å². The first kappa shape index (κ1) is 17.5.